The maximum atomic E-state index is 8.27. The standard InChI is InChI=1S/C15H28N2/c1-2-3-4-5-6-7-8-9-10-11-14-17-15-12-13-16/h12,15,17H,2-11,14H2,1H3. The quantitative estimate of drug-likeness (QED) is 0.399. The maximum absolute atomic E-state index is 8.27. The van der Waals surface area contributed by atoms with Crippen molar-refractivity contribution in [2.75, 3.05) is 6.54 Å². The summed E-state index contributed by atoms with van der Waals surface area (Å²) < 4.78 is 0. The summed E-state index contributed by atoms with van der Waals surface area (Å²) in [4.78, 5) is 0. The molecule has 0 aliphatic carbocycles. The summed E-state index contributed by atoms with van der Waals surface area (Å²) >= 11 is 0. The van der Waals surface area contributed by atoms with Gasteiger partial charge in [-0.15, -0.1) is 0 Å². The highest BCUT2D eigenvalue weighted by molar-refractivity contribution is 5.00. The molecule has 0 unspecified atom stereocenters. The molecular formula is C15H28N2. The van der Waals surface area contributed by atoms with Gasteiger partial charge in [-0.2, -0.15) is 5.26 Å². The van der Waals surface area contributed by atoms with Crippen molar-refractivity contribution in [3.8, 4) is 6.07 Å². The topological polar surface area (TPSA) is 35.8 Å². The third-order valence-corrected chi connectivity index (χ3v) is 2.95. The van der Waals surface area contributed by atoms with Crippen LogP contribution >= 0.6 is 0 Å². The van der Waals surface area contributed by atoms with Crippen molar-refractivity contribution in [3.05, 3.63) is 12.3 Å². The van der Waals surface area contributed by atoms with E-state index in [0.29, 0.717) is 0 Å². The maximum Gasteiger partial charge on any atom is 0.0927 e. The number of allylic oxidation sites excluding steroid dienone is 1. The zero-order valence-corrected chi connectivity index (χ0v) is 11.4. The van der Waals surface area contributed by atoms with Crippen LogP contribution in [0.15, 0.2) is 12.3 Å². The van der Waals surface area contributed by atoms with Gasteiger partial charge in [-0.3, -0.25) is 0 Å². The van der Waals surface area contributed by atoms with E-state index in [2.05, 4.69) is 12.2 Å². The van der Waals surface area contributed by atoms with Crippen molar-refractivity contribution in [2.45, 2.75) is 71.1 Å². The lowest BCUT2D eigenvalue weighted by Crippen LogP contribution is -2.06. The second kappa shape index (κ2) is 15.0. The van der Waals surface area contributed by atoms with E-state index >= 15 is 0 Å². The van der Waals surface area contributed by atoms with Crippen LogP contribution in [0.25, 0.3) is 0 Å². The van der Waals surface area contributed by atoms with E-state index in [4.69, 9.17) is 5.26 Å². The lowest BCUT2D eigenvalue weighted by atomic mass is 10.1. The molecule has 1 N–H and O–H groups in total. The third-order valence-electron chi connectivity index (χ3n) is 2.95. The third kappa shape index (κ3) is 15.0. The van der Waals surface area contributed by atoms with Crippen LogP contribution in [0.2, 0.25) is 0 Å². The molecule has 0 radical (unpaired) electrons. The number of rotatable bonds is 12. The lowest BCUT2D eigenvalue weighted by Gasteiger charge is -2.02. The van der Waals surface area contributed by atoms with Crippen molar-refractivity contribution in [3.63, 3.8) is 0 Å². The number of nitriles is 1. The van der Waals surface area contributed by atoms with E-state index in [1.165, 1.54) is 70.3 Å². The zero-order chi connectivity index (χ0) is 12.6. The van der Waals surface area contributed by atoms with Crippen LogP contribution in [0.1, 0.15) is 71.1 Å². The van der Waals surface area contributed by atoms with Crippen LogP contribution in [0, 0.1) is 11.3 Å². The van der Waals surface area contributed by atoms with Gasteiger partial charge in [0.15, 0.2) is 0 Å². The highest BCUT2D eigenvalue weighted by atomic mass is 14.8. The Kier molecular flexibility index (Phi) is 14.2. The summed E-state index contributed by atoms with van der Waals surface area (Å²) in [6, 6.07) is 1.96. The molecule has 0 aliphatic rings. The van der Waals surface area contributed by atoms with Gasteiger partial charge in [0.2, 0.25) is 0 Å². The molecule has 0 rings (SSSR count). The molecular weight excluding hydrogens is 208 g/mol. The molecule has 17 heavy (non-hydrogen) atoms. The van der Waals surface area contributed by atoms with Gasteiger partial charge in [-0.05, 0) is 6.42 Å². The molecule has 0 aliphatic heterocycles. The van der Waals surface area contributed by atoms with Crippen LogP contribution in [0.3, 0.4) is 0 Å². The second-order valence-corrected chi connectivity index (χ2v) is 4.60. The molecule has 0 atom stereocenters. The highest BCUT2D eigenvalue weighted by Crippen LogP contribution is 2.10. The highest BCUT2D eigenvalue weighted by Gasteiger charge is 1.91. The van der Waals surface area contributed by atoms with Crippen molar-refractivity contribution in [2.24, 2.45) is 0 Å². The van der Waals surface area contributed by atoms with Gasteiger partial charge in [0.25, 0.3) is 0 Å². The summed E-state index contributed by atoms with van der Waals surface area (Å²) in [5.74, 6) is 0. The average Bonchev–Trinajstić information content (AvgIpc) is 2.35. The first kappa shape index (κ1) is 16.0. The number of hydrogen-bond acceptors (Lipinski definition) is 2. The summed E-state index contributed by atoms with van der Waals surface area (Å²) in [7, 11) is 0. The van der Waals surface area contributed by atoms with Gasteiger partial charge >= 0.3 is 0 Å². The Morgan fingerprint density at radius 1 is 0.882 bits per heavy atom. The monoisotopic (exact) mass is 236 g/mol. The fraction of sp³-hybridized carbons (Fsp3) is 0.800. The molecule has 0 saturated carbocycles. The van der Waals surface area contributed by atoms with Gasteiger partial charge in [0, 0.05) is 18.8 Å². The Labute approximate surface area is 107 Å². The first-order valence-corrected chi connectivity index (χ1v) is 7.19. The van der Waals surface area contributed by atoms with Crippen LogP contribution < -0.4 is 5.32 Å². The Balaban J connectivity index is 2.94. The zero-order valence-electron chi connectivity index (χ0n) is 11.4. The predicted octanol–water partition coefficient (Wildman–Crippen LogP) is 4.53. The first-order valence-electron chi connectivity index (χ1n) is 7.19. The SMILES string of the molecule is CCCCCCCCCCCCNC=CC#N. The minimum Gasteiger partial charge on any atom is -0.390 e. The summed E-state index contributed by atoms with van der Waals surface area (Å²) in [5, 5.41) is 11.4. The molecule has 0 aromatic rings. The van der Waals surface area contributed by atoms with E-state index in [-0.39, 0.29) is 0 Å². The van der Waals surface area contributed by atoms with Gasteiger partial charge in [0.05, 0.1) is 6.07 Å². The molecule has 0 spiro atoms. The first-order chi connectivity index (χ1) is 8.41. The van der Waals surface area contributed by atoms with E-state index < -0.39 is 0 Å². The molecule has 0 aromatic carbocycles. The van der Waals surface area contributed by atoms with E-state index in [1.54, 1.807) is 6.20 Å². The minimum absolute atomic E-state index is 0.995. The molecule has 0 fully saturated rings. The van der Waals surface area contributed by atoms with Gasteiger partial charge in [-0.1, -0.05) is 64.7 Å². The van der Waals surface area contributed by atoms with Crippen LogP contribution in [-0.4, -0.2) is 6.54 Å². The Morgan fingerprint density at radius 2 is 1.41 bits per heavy atom. The fourth-order valence-corrected chi connectivity index (χ4v) is 1.89. The molecule has 0 aromatic heterocycles. The minimum atomic E-state index is 0.995. The van der Waals surface area contributed by atoms with Gasteiger partial charge in [0.1, 0.15) is 0 Å². The summed E-state index contributed by atoms with van der Waals surface area (Å²) in [6.07, 6.45) is 16.9. The Bertz CT molecular complexity index is 203. The fourth-order valence-electron chi connectivity index (χ4n) is 1.89. The Hall–Kier alpha value is -0.970. The lowest BCUT2D eigenvalue weighted by molar-refractivity contribution is 0.553. The van der Waals surface area contributed by atoms with Gasteiger partial charge < -0.3 is 5.32 Å². The van der Waals surface area contributed by atoms with E-state index in [0.717, 1.165) is 6.54 Å². The molecule has 2 nitrogen and oxygen atoms in total. The predicted molar refractivity (Wildman–Crippen MR) is 74.6 cm³/mol. The van der Waals surface area contributed by atoms with Crippen LogP contribution in [0.4, 0.5) is 0 Å². The van der Waals surface area contributed by atoms with Crippen molar-refractivity contribution in [1.82, 2.24) is 5.32 Å². The molecule has 0 bridgehead atoms. The summed E-state index contributed by atoms with van der Waals surface area (Å²) in [5.41, 5.74) is 0. The average molecular weight is 236 g/mol. The van der Waals surface area contributed by atoms with Crippen molar-refractivity contribution in [1.29, 1.82) is 5.26 Å². The number of nitrogens with one attached hydrogen (secondary N) is 1. The van der Waals surface area contributed by atoms with Crippen LogP contribution in [0.5, 0.6) is 0 Å². The smallest absolute Gasteiger partial charge is 0.0927 e. The number of hydrogen-bond donors (Lipinski definition) is 1. The number of nitrogens with zero attached hydrogens (tertiary/aromatic N) is 1. The molecule has 0 amide bonds. The van der Waals surface area contributed by atoms with E-state index in [1.807, 2.05) is 6.07 Å². The largest absolute Gasteiger partial charge is 0.390 e. The normalized spacial score (nSPS) is 10.6. The molecule has 2 heteroatoms. The number of unbranched alkanes of at least 4 members (excludes halogenated alkanes) is 9. The molecule has 98 valence electrons. The van der Waals surface area contributed by atoms with Gasteiger partial charge in [-0.25, -0.2) is 0 Å². The Morgan fingerprint density at radius 3 is 1.94 bits per heavy atom. The van der Waals surface area contributed by atoms with Crippen molar-refractivity contribution < 1.29 is 0 Å². The van der Waals surface area contributed by atoms with Crippen molar-refractivity contribution >= 4 is 0 Å². The van der Waals surface area contributed by atoms with Crippen LogP contribution in [-0.2, 0) is 0 Å². The molecule has 0 heterocycles. The molecule has 0 saturated heterocycles. The summed E-state index contributed by atoms with van der Waals surface area (Å²) in [6.45, 7) is 3.26. The second-order valence-electron chi connectivity index (χ2n) is 4.60. The van der Waals surface area contributed by atoms with E-state index in [9.17, 15) is 0 Å².